The fourth-order valence-electron chi connectivity index (χ4n) is 11.9. The van der Waals surface area contributed by atoms with Gasteiger partial charge in [0, 0.05) is 106 Å². The number of hydrogen-bond acceptors (Lipinski definition) is 32. The molecule has 678 valence electrons. The number of hydrogen-bond donors (Lipinski definition) is 21. The molecule has 44 nitrogen and oxygen atoms in total. The Morgan fingerprint density at radius 1 is 0.359 bits per heavy atom. The van der Waals surface area contributed by atoms with Crippen molar-refractivity contribution in [1.82, 2.24) is 58.5 Å². The number of unbranched alkanes of at least 4 members (excludes halogenated alkanes) is 5. The lowest BCUT2D eigenvalue weighted by Gasteiger charge is -2.42. The van der Waals surface area contributed by atoms with Gasteiger partial charge in [-0.05, 0) is 70.6 Å². The van der Waals surface area contributed by atoms with Crippen molar-refractivity contribution in [3.8, 4) is 0 Å². The predicted molar refractivity (Wildman–Crippen MR) is 410 cm³/mol. The van der Waals surface area contributed by atoms with Gasteiger partial charge in [-0.15, -0.1) is 0 Å². The van der Waals surface area contributed by atoms with Crippen LogP contribution in [0.25, 0.3) is 0 Å². The zero-order chi connectivity index (χ0) is 87.1. The zero-order valence-corrected chi connectivity index (χ0v) is 68.9. The number of amides is 11. The van der Waals surface area contributed by atoms with Gasteiger partial charge < -0.3 is 152 Å². The van der Waals surface area contributed by atoms with E-state index in [0.717, 1.165) is 7.11 Å². The highest BCUT2D eigenvalue weighted by molar-refractivity contribution is 7.47. The fourth-order valence-corrected chi connectivity index (χ4v) is 12.4. The van der Waals surface area contributed by atoms with Crippen molar-refractivity contribution in [2.75, 3.05) is 132 Å². The van der Waals surface area contributed by atoms with Crippen LogP contribution in [0, 0.1) is 0 Å². The van der Waals surface area contributed by atoms with Crippen LogP contribution >= 0.6 is 7.82 Å². The van der Waals surface area contributed by atoms with Crippen molar-refractivity contribution in [2.45, 2.75) is 261 Å². The molecule has 3 fully saturated rings. The van der Waals surface area contributed by atoms with Gasteiger partial charge in [-0.1, -0.05) is 26.7 Å². The topological polar surface area (TPSA) is 641 Å². The molecule has 0 bridgehead atoms. The lowest BCUT2D eigenvalue weighted by Crippen LogP contribution is -2.64. The largest absolute Gasteiger partial charge is 0.471 e. The van der Waals surface area contributed by atoms with Gasteiger partial charge in [-0.3, -0.25) is 61.8 Å². The predicted octanol–water partition coefficient (Wildman–Crippen LogP) is -6.21. The van der Waals surface area contributed by atoms with Crippen LogP contribution in [0.2, 0.25) is 0 Å². The van der Waals surface area contributed by atoms with Gasteiger partial charge in [0.15, 0.2) is 18.9 Å². The van der Waals surface area contributed by atoms with Crippen LogP contribution in [0.1, 0.15) is 157 Å². The number of aliphatic hydroxyl groups excluding tert-OH is 9. The van der Waals surface area contributed by atoms with Crippen molar-refractivity contribution in [1.29, 1.82) is 0 Å². The van der Waals surface area contributed by atoms with E-state index in [-0.39, 0.29) is 206 Å². The van der Waals surface area contributed by atoms with Crippen molar-refractivity contribution in [3.05, 3.63) is 0 Å². The molecule has 3 aliphatic heterocycles. The van der Waals surface area contributed by atoms with Crippen LogP contribution in [0.5, 0.6) is 0 Å². The van der Waals surface area contributed by atoms with E-state index in [2.05, 4.69) is 63.0 Å². The van der Waals surface area contributed by atoms with Crippen LogP contribution < -0.4 is 58.5 Å². The molecule has 0 aromatic rings. The molecule has 0 saturated carbocycles. The Balaban J connectivity index is 0.0000230. The van der Waals surface area contributed by atoms with Crippen molar-refractivity contribution in [3.63, 3.8) is 0 Å². The molecule has 3 aliphatic rings. The quantitative estimate of drug-likeness (QED) is 0.0199. The third-order valence-corrected chi connectivity index (χ3v) is 19.0. The van der Waals surface area contributed by atoms with Crippen LogP contribution in [0.15, 0.2) is 0 Å². The van der Waals surface area contributed by atoms with Crippen LogP contribution in [-0.2, 0) is 109 Å². The summed E-state index contributed by atoms with van der Waals surface area (Å²) in [6.07, 6.45) is -12.4. The van der Waals surface area contributed by atoms with Crippen molar-refractivity contribution < 1.29 is 160 Å². The molecule has 0 spiro atoms. The summed E-state index contributed by atoms with van der Waals surface area (Å²) >= 11 is 0. The van der Waals surface area contributed by atoms with E-state index in [4.69, 9.17) is 47.2 Å². The first-order chi connectivity index (χ1) is 55.9. The minimum Gasteiger partial charge on any atom is -0.394 e. The van der Waals surface area contributed by atoms with E-state index < -0.39 is 173 Å². The summed E-state index contributed by atoms with van der Waals surface area (Å²) < 4.78 is 70.8. The summed E-state index contributed by atoms with van der Waals surface area (Å²) in [5, 5.41) is 120. The number of ether oxygens (including phenoxy) is 9. The van der Waals surface area contributed by atoms with E-state index in [1.54, 1.807) is 0 Å². The van der Waals surface area contributed by atoms with Gasteiger partial charge in [0.05, 0.1) is 85.9 Å². The Bertz CT molecular complexity index is 2930. The van der Waals surface area contributed by atoms with E-state index in [0.29, 0.717) is 44.9 Å². The van der Waals surface area contributed by atoms with Crippen LogP contribution in [0.3, 0.4) is 0 Å². The molecule has 0 radical (unpaired) electrons. The molecular weight excluding hydrogens is 1580 g/mol. The summed E-state index contributed by atoms with van der Waals surface area (Å²) in [7, 11) is -3.11. The number of carbonyl (C=O) groups is 11. The normalized spacial score (nSPS) is 24.0. The van der Waals surface area contributed by atoms with E-state index in [1.165, 1.54) is 20.8 Å². The SMILES string of the molecule is CC.COP(=O)(O)OCCCCCCNC(=O)[C@H](CCCCNC(=O)CCCC(=O)NCCOCCOC1OC(CO)C(O)C(O)C1NC(C)=O)NC(=O)[C@H](CCCCNC(=O)CCCC(=O)NCCOCCOC1OC(CO)C(O)C(O)C1NC(C)=O)NC(=O)CCCC(=O)NCCOCCOC1OC(CO)C(O)C(O)C1NC(C)=O. The maximum absolute atomic E-state index is 14.3. The minimum atomic E-state index is -4.15. The number of nitrogens with one attached hydrogen (secondary N) is 11. The third-order valence-electron chi connectivity index (χ3n) is 18.0. The smallest absolute Gasteiger partial charge is 0.394 e. The molecule has 3 saturated heterocycles. The molecule has 18 atom stereocenters. The molecule has 0 aromatic carbocycles. The highest BCUT2D eigenvalue weighted by Gasteiger charge is 2.48. The molecule has 117 heavy (non-hydrogen) atoms. The lowest BCUT2D eigenvalue weighted by molar-refractivity contribution is -0.272. The maximum atomic E-state index is 14.3. The molecule has 45 heteroatoms. The molecule has 16 unspecified atom stereocenters. The molecule has 0 aromatic heterocycles. The highest BCUT2D eigenvalue weighted by Crippen LogP contribution is 2.42. The van der Waals surface area contributed by atoms with Gasteiger partial charge >= 0.3 is 7.82 Å². The van der Waals surface area contributed by atoms with Crippen LogP contribution in [0.4, 0.5) is 0 Å². The van der Waals surface area contributed by atoms with E-state index >= 15 is 0 Å². The second kappa shape index (κ2) is 62.7. The number of phosphoric ester groups is 1. The minimum absolute atomic E-state index is 0.000930. The molecule has 3 heterocycles. The van der Waals surface area contributed by atoms with E-state index in [9.17, 15) is 108 Å². The molecule has 11 amide bonds. The Morgan fingerprint density at radius 2 is 0.667 bits per heavy atom. The first kappa shape index (κ1) is 107. The Kier molecular flexibility index (Phi) is 57.1. The molecule has 21 N–H and O–H groups in total. The average Bonchev–Trinajstić information content (AvgIpc) is 0.819. The Morgan fingerprint density at radius 3 is 1.00 bits per heavy atom. The summed E-state index contributed by atoms with van der Waals surface area (Å²) in [5.74, 6) is -5.22. The Labute approximate surface area is 681 Å². The zero-order valence-electron chi connectivity index (χ0n) is 68.0. The number of carbonyl (C=O) groups excluding carboxylic acids is 11. The van der Waals surface area contributed by atoms with E-state index in [1.807, 2.05) is 13.8 Å². The number of phosphoric acid groups is 1. The second-order valence-electron chi connectivity index (χ2n) is 27.4. The summed E-state index contributed by atoms with van der Waals surface area (Å²) in [6.45, 7) is 6.50. The standard InChI is InChI=1S/C70H126N11O33P.C2H6/c1-43(85)77-57-63(97)60(94)48(40-82)112-68(57)108-37-34-105-31-27-73-53(90)20-13-18-51(88)71-24-10-7-16-46(66(100)76-26-9-5-6-12-30-111-115(102,103)104-4)81-67(101)47(80-56(93)23-15-22-55(92)75-29-33-107-36-39-110-70-59(79-45(3)87)65(99)62(96)50(42-84)114-70)17-8-11-25-72-52(89)19-14-21-54(91)74-28-32-106-35-38-109-69-58(78-44(2)86)64(98)61(95)49(41-83)113-69;1-2/h46-50,57-65,68-70,82-84,94-99H,5-42H2,1-4H3,(H,71,88)(H,72,89)(H,73,90)(H,74,91)(H,75,92)(H,76,100)(H,77,85)(H,78,86)(H,79,87)(H,80,93)(H,81,101)(H,102,103);1-2H3/t46-,47-,48?,49?,50?,57?,58?,59?,60?,61?,62?,63?,64?,65?,68?,69?,70?;/m0./s1. The summed E-state index contributed by atoms with van der Waals surface area (Å²) in [5.41, 5.74) is 0. The first-order valence-electron chi connectivity index (χ1n) is 40.0. The molecular formula is C72H132N11O33P. The van der Waals surface area contributed by atoms with Crippen molar-refractivity contribution >= 4 is 72.8 Å². The molecule has 3 rings (SSSR count). The molecule has 0 aliphatic carbocycles. The Hall–Kier alpha value is -6.44. The van der Waals surface area contributed by atoms with Gasteiger partial charge in [0.1, 0.15) is 85.1 Å². The fraction of sp³-hybridized carbons (Fsp3) is 0.847. The number of aliphatic hydroxyl groups is 9. The van der Waals surface area contributed by atoms with Crippen molar-refractivity contribution in [2.24, 2.45) is 0 Å². The first-order valence-corrected chi connectivity index (χ1v) is 41.5. The van der Waals surface area contributed by atoms with Gasteiger partial charge in [-0.2, -0.15) is 0 Å². The number of rotatable bonds is 62. The van der Waals surface area contributed by atoms with Gasteiger partial charge in [0.2, 0.25) is 65.0 Å². The van der Waals surface area contributed by atoms with Crippen LogP contribution in [-0.4, -0.2) is 352 Å². The third kappa shape index (κ3) is 45.7. The van der Waals surface area contributed by atoms with Gasteiger partial charge in [-0.25, -0.2) is 4.57 Å². The summed E-state index contributed by atoms with van der Waals surface area (Å²) in [4.78, 5) is 150. The monoisotopic (exact) mass is 1710 g/mol. The second-order valence-corrected chi connectivity index (χ2v) is 29.0. The summed E-state index contributed by atoms with van der Waals surface area (Å²) in [6, 6.07) is -5.75. The lowest BCUT2D eigenvalue weighted by atomic mass is 9.97. The highest BCUT2D eigenvalue weighted by atomic mass is 31.2. The maximum Gasteiger partial charge on any atom is 0.471 e. The van der Waals surface area contributed by atoms with Gasteiger partial charge in [0.25, 0.3) is 0 Å². The average molecular weight is 1710 g/mol.